The van der Waals surface area contributed by atoms with Crippen LogP contribution in [0.4, 0.5) is 0 Å². The summed E-state index contributed by atoms with van der Waals surface area (Å²) >= 11 is 0. The van der Waals surface area contributed by atoms with Gasteiger partial charge in [0.05, 0.1) is 0 Å². The molecule has 1 heterocycles. The van der Waals surface area contributed by atoms with Crippen molar-refractivity contribution < 1.29 is 4.79 Å². The van der Waals surface area contributed by atoms with Crippen LogP contribution in [0, 0.1) is 0 Å². The van der Waals surface area contributed by atoms with Crippen LogP contribution in [0.15, 0.2) is 11.6 Å². The number of allylic oxidation sites excluding steroid dienone is 1. The summed E-state index contributed by atoms with van der Waals surface area (Å²) < 4.78 is 0. The number of hydrogen-bond donors (Lipinski definition) is 2. The van der Waals surface area contributed by atoms with Crippen LogP contribution in [-0.2, 0) is 6.42 Å². The van der Waals surface area contributed by atoms with E-state index in [0.717, 1.165) is 18.7 Å². The fraction of sp³-hybridized carbons (Fsp3) is 0.615. The summed E-state index contributed by atoms with van der Waals surface area (Å²) in [6.45, 7) is 2.64. The maximum Gasteiger partial charge on any atom is 0.290 e. The van der Waals surface area contributed by atoms with Gasteiger partial charge in [0, 0.05) is 13.0 Å². The summed E-state index contributed by atoms with van der Waals surface area (Å²) in [6, 6.07) is 0. The van der Waals surface area contributed by atoms with Crippen LogP contribution in [0.3, 0.4) is 0 Å². The highest BCUT2D eigenvalue weighted by molar-refractivity contribution is 5.90. The maximum absolute atomic E-state index is 11.7. The zero-order chi connectivity index (χ0) is 12.8. The SMILES string of the molecule is CCc1nc(C(=O)NCCC2=CCCCC2)n[nH]1. The maximum atomic E-state index is 11.7. The minimum atomic E-state index is -0.192. The number of aromatic amines is 1. The van der Waals surface area contributed by atoms with Gasteiger partial charge >= 0.3 is 0 Å². The largest absolute Gasteiger partial charge is 0.349 e. The zero-order valence-corrected chi connectivity index (χ0v) is 10.8. The molecule has 0 saturated carbocycles. The number of nitrogens with one attached hydrogen (secondary N) is 2. The molecule has 1 aliphatic carbocycles. The molecular formula is C13H20N4O. The molecule has 1 aromatic heterocycles. The highest BCUT2D eigenvalue weighted by Gasteiger charge is 2.11. The van der Waals surface area contributed by atoms with Crippen molar-refractivity contribution in [1.82, 2.24) is 20.5 Å². The van der Waals surface area contributed by atoms with E-state index in [2.05, 4.69) is 26.6 Å². The second-order valence-electron chi connectivity index (χ2n) is 4.57. The lowest BCUT2D eigenvalue weighted by atomic mass is 9.97. The van der Waals surface area contributed by atoms with Gasteiger partial charge < -0.3 is 5.32 Å². The predicted molar refractivity (Wildman–Crippen MR) is 69.3 cm³/mol. The van der Waals surface area contributed by atoms with Crippen LogP contribution in [0.1, 0.15) is 55.5 Å². The Morgan fingerprint density at radius 2 is 2.39 bits per heavy atom. The van der Waals surface area contributed by atoms with Crippen molar-refractivity contribution >= 4 is 5.91 Å². The molecule has 2 N–H and O–H groups in total. The van der Waals surface area contributed by atoms with Gasteiger partial charge in [-0.15, -0.1) is 5.10 Å². The van der Waals surface area contributed by atoms with E-state index >= 15 is 0 Å². The Balaban J connectivity index is 1.76. The number of hydrogen-bond acceptors (Lipinski definition) is 3. The van der Waals surface area contributed by atoms with Crippen molar-refractivity contribution in [3.63, 3.8) is 0 Å². The van der Waals surface area contributed by atoms with Crippen molar-refractivity contribution in [2.75, 3.05) is 6.54 Å². The fourth-order valence-electron chi connectivity index (χ4n) is 2.10. The molecule has 0 fully saturated rings. The first-order chi connectivity index (χ1) is 8.79. The second kappa shape index (κ2) is 6.33. The van der Waals surface area contributed by atoms with Gasteiger partial charge in [-0.2, -0.15) is 0 Å². The van der Waals surface area contributed by atoms with Crippen LogP contribution in [0.2, 0.25) is 0 Å². The highest BCUT2D eigenvalue weighted by atomic mass is 16.2. The third-order valence-electron chi connectivity index (χ3n) is 3.19. The molecule has 0 bridgehead atoms. The molecule has 0 aromatic carbocycles. The molecule has 1 aromatic rings. The number of aryl methyl sites for hydroxylation is 1. The van der Waals surface area contributed by atoms with Gasteiger partial charge in [-0.1, -0.05) is 18.6 Å². The Morgan fingerprint density at radius 1 is 1.50 bits per heavy atom. The number of aromatic nitrogens is 3. The summed E-state index contributed by atoms with van der Waals surface area (Å²) in [5.74, 6) is 0.793. The van der Waals surface area contributed by atoms with Crippen LogP contribution >= 0.6 is 0 Å². The standard InChI is InChI=1S/C13H20N4O/c1-2-11-15-12(17-16-11)13(18)14-9-8-10-6-4-3-5-7-10/h6H,2-5,7-9H2,1H3,(H,14,18)(H,15,16,17). The molecule has 1 amide bonds. The average Bonchev–Trinajstić information content (AvgIpc) is 2.89. The van der Waals surface area contributed by atoms with E-state index in [-0.39, 0.29) is 11.7 Å². The van der Waals surface area contributed by atoms with Crippen LogP contribution in [0.5, 0.6) is 0 Å². The minimum Gasteiger partial charge on any atom is -0.349 e. The quantitative estimate of drug-likeness (QED) is 0.783. The summed E-state index contributed by atoms with van der Waals surface area (Å²) in [5.41, 5.74) is 1.46. The first-order valence-corrected chi connectivity index (χ1v) is 6.67. The molecule has 5 heteroatoms. The molecule has 0 spiro atoms. The second-order valence-corrected chi connectivity index (χ2v) is 4.57. The molecule has 18 heavy (non-hydrogen) atoms. The Hall–Kier alpha value is -1.65. The Morgan fingerprint density at radius 3 is 3.06 bits per heavy atom. The summed E-state index contributed by atoms with van der Waals surface area (Å²) in [4.78, 5) is 15.8. The van der Waals surface area contributed by atoms with E-state index in [4.69, 9.17) is 0 Å². The smallest absolute Gasteiger partial charge is 0.290 e. The number of amides is 1. The van der Waals surface area contributed by atoms with E-state index in [0.29, 0.717) is 6.54 Å². The first-order valence-electron chi connectivity index (χ1n) is 6.67. The third-order valence-corrected chi connectivity index (χ3v) is 3.19. The molecule has 0 saturated heterocycles. The third kappa shape index (κ3) is 3.42. The van der Waals surface area contributed by atoms with Gasteiger partial charge in [0.25, 0.3) is 5.91 Å². The molecule has 0 aliphatic heterocycles. The van der Waals surface area contributed by atoms with E-state index in [9.17, 15) is 4.79 Å². The van der Waals surface area contributed by atoms with Gasteiger partial charge in [-0.3, -0.25) is 9.89 Å². The molecular weight excluding hydrogens is 228 g/mol. The zero-order valence-electron chi connectivity index (χ0n) is 10.8. The summed E-state index contributed by atoms with van der Waals surface area (Å²) in [5, 5.41) is 9.49. The van der Waals surface area contributed by atoms with E-state index in [1.54, 1.807) is 0 Å². The average molecular weight is 248 g/mol. The molecule has 5 nitrogen and oxygen atoms in total. The minimum absolute atomic E-state index is 0.192. The van der Waals surface area contributed by atoms with Gasteiger partial charge in [0.2, 0.25) is 5.82 Å². The molecule has 1 aliphatic rings. The van der Waals surface area contributed by atoms with Gasteiger partial charge in [0.15, 0.2) is 0 Å². The molecule has 2 rings (SSSR count). The van der Waals surface area contributed by atoms with Crippen molar-refractivity contribution in [3.05, 3.63) is 23.3 Å². The summed E-state index contributed by atoms with van der Waals surface area (Å²) in [7, 11) is 0. The Kier molecular flexibility index (Phi) is 4.50. The number of H-pyrrole nitrogens is 1. The molecule has 98 valence electrons. The topological polar surface area (TPSA) is 70.7 Å². The highest BCUT2D eigenvalue weighted by Crippen LogP contribution is 2.19. The lowest BCUT2D eigenvalue weighted by Gasteiger charge is -2.12. The van der Waals surface area contributed by atoms with Crippen molar-refractivity contribution in [2.45, 2.75) is 45.4 Å². The van der Waals surface area contributed by atoms with Crippen LogP contribution in [-0.4, -0.2) is 27.6 Å². The number of rotatable bonds is 5. The molecule has 0 unspecified atom stereocenters. The Bertz CT molecular complexity index is 436. The molecule has 0 atom stereocenters. The van der Waals surface area contributed by atoms with Crippen LogP contribution in [0.25, 0.3) is 0 Å². The van der Waals surface area contributed by atoms with Gasteiger partial charge in [-0.05, 0) is 32.1 Å². The van der Waals surface area contributed by atoms with E-state index in [1.165, 1.54) is 31.3 Å². The van der Waals surface area contributed by atoms with Crippen molar-refractivity contribution in [1.29, 1.82) is 0 Å². The molecule has 0 radical (unpaired) electrons. The fourth-order valence-corrected chi connectivity index (χ4v) is 2.10. The van der Waals surface area contributed by atoms with E-state index in [1.807, 2.05) is 6.92 Å². The van der Waals surface area contributed by atoms with Crippen molar-refractivity contribution in [2.24, 2.45) is 0 Å². The van der Waals surface area contributed by atoms with E-state index < -0.39 is 0 Å². The van der Waals surface area contributed by atoms with Gasteiger partial charge in [0.1, 0.15) is 5.82 Å². The number of carbonyl (C=O) groups excluding carboxylic acids is 1. The van der Waals surface area contributed by atoms with Gasteiger partial charge in [-0.25, -0.2) is 4.98 Å². The normalized spacial score (nSPS) is 15.3. The van der Waals surface area contributed by atoms with Crippen molar-refractivity contribution in [3.8, 4) is 0 Å². The monoisotopic (exact) mass is 248 g/mol. The lowest BCUT2D eigenvalue weighted by Crippen LogP contribution is -2.26. The lowest BCUT2D eigenvalue weighted by molar-refractivity contribution is 0.0944. The first kappa shape index (κ1) is 12.8. The number of carbonyl (C=O) groups is 1. The van der Waals surface area contributed by atoms with Crippen LogP contribution < -0.4 is 5.32 Å². The predicted octanol–water partition coefficient (Wildman–Crippen LogP) is 1.99. The number of nitrogens with zero attached hydrogens (tertiary/aromatic N) is 2. The summed E-state index contributed by atoms with van der Waals surface area (Å²) in [6.07, 6.45) is 8.94. The Labute approximate surface area is 107 Å².